The van der Waals surface area contributed by atoms with Crippen molar-refractivity contribution < 1.29 is 32.9 Å². The van der Waals surface area contributed by atoms with Crippen LogP contribution in [0.1, 0.15) is 12.1 Å². The van der Waals surface area contributed by atoms with Crippen molar-refractivity contribution in [2.24, 2.45) is 5.92 Å². The van der Waals surface area contributed by atoms with E-state index in [2.05, 4.69) is 25.6 Å². The summed E-state index contributed by atoms with van der Waals surface area (Å²) >= 11 is 1.35. The molecule has 4 atom stereocenters. The van der Waals surface area contributed by atoms with Gasteiger partial charge in [0.2, 0.25) is 5.95 Å². The summed E-state index contributed by atoms with van der Waals surface area (Å²) < 4.78 is 43.8. The number of aromatic nitrogens is 3. The SMILES string of the molecule is COC(=O)[C@H]1C[C@@H](Nc2nc(NCC(F)(F)F)nc(C)c2-c2nc3ccccc3s2)[C@H](O)[C@@H]1O. The van der Waals surface area contributed by atoms with Crippen molar-refractivity contribution in [3.63, 3.8) is 0 Å². The van der Waals surface area contributed by atoms with Crippen molar-refractivity contribution in [1.82, 2.24) is 15.0 Å². The fraction of sp³-hybridized carbons (Fsp3) is 0.429. The van der Waals surface area contributed by atoms with Gasteiger partial charge in [-0.15, -0.1) is 11.3 Å². The van der Waals surface area contributed by atoms with Gasteiger partial charge in [0, 0.05) is 0 Å². The van der Waals surface area contributed by atoms with E-state index in [1.807, 2.05) is 24.3 Å². The van der Waals surface area contributed by atoms with E-state index in [1.165, 1.54) is 18.4 Å². The first-order valence-electron chi connectivity index (χ1n) is 10.3. The van der Waals surface area contributed by atoms with Gasteiger partial charge in [0.25, 0.3) is 0 Å². The first-order chi connectivity index (χ1) is 16.1. The summed E-state index contributed by atoms with van der Waals surface area (Å²) in [5.74, 6) is -1.78. The average Bonchev–Trinajstić information content (AvgIpc) is 3.33. The number of para-hydroxylation sites is 1. The maximum Gasteiger partial charge on any atom is 0.405 e. The monoisotopic (exact) mass is 497 g/mol. The van der Waals surface area contributed by atoms with Crippen molar-refractivity contribution in [2.45, 2.75) is 37.8 Å². The molecule has 0 aliphatic heterocycles. The lowest BCUT2D eigenvalue weighted by Gasteiger charge is -2.21. The fourth-order valence-corrected chi connectivity index (χ4v) is 4.97. The van der Waals surface area contributed by atoms with Gasteiger partial charge in [0.1, 0.15) is 23.5 Å². The molecule has 0 amide bonds. The molecule has 4 N–H and O–H groups in total. The van der Waals surface area contributed by atoms with Crippen molar-refractivity contribution >= 4 is 39.3 Å². The van der Waals surface area contributed by atoms with Crippen LogP contribution < -0.4 is 10.6 Å². The predicted octanol–water partition coefficient (Wildman–Crippen LogP) is 2.73. The summed E-state index contributed by atoms with van der Waals surface area (Å²) in [7, 11) is 1.18. The molecule has 0 spiro atoms. The van der Waals surface area contributed by atoms with Crippen LogP contribution >= 0.6 is 11.3 Å². The highest BCUT2D eigenvalue weighted by molar-refractivity contribution is 7.21. The second-order valence-corrected chi connectivity index (χ2v) is 8.94. The van der Waals surface area contributed by atoms with Crippen LogP contribution in [0.15, 0.2) is 24.3 Å². The Balaban J connectivity index is 1.73. The maximum atomic E-state index is 12.7. The first kappa shape index (κ1) is 24.1. The van der Waals surface area contributed by atoms with Crippen LogP contribution in [0.4, 0.5) is 24.9 Å². The van der Waals surface area contributed by atoms with E-state index < -0.39 is 42.9 Å². The van der Waals surface area contributed by atoms with E-state index in [0.29, 0.717) is 16.3 Å². The molecular formula is C21H22F3N5O4S. The number of rotatable bonds is 6. The summed E-state index contributed by atoms with van der Waals surface area (Å²) in [4.78, 5) is 25.0. The summed E-state index contributed by atoms with van der Waals surface area (Å²) in [6, 6.07) is 6.59. The number of hydrogen-bond donors (Lipinski definition) is 4. The Kier molecular flexibility index (Phi) is 6.60. The number of thiazole rings is 1. The second-order valence-electron chi connectivity index (χ2n) is 7.91. The van der Waals surface area contributed by atoms with Crippen LogP contribution in [0.2, 0.25) is 0 Å². The van der Waals surface area contributed by atoms with Crippen LogP contribution in [0.5, 0.6) is 0 Å². The summed E-state index contributed by atoms with van der Waals surface area (Å²) in [5, 5.41) is 26.5. The summed E-state index contributed by atoms with van der Waals surface area (Å²) in [5.41, 5.74) is 1.54. The van der Waals surface area contributed by atoms with E-state index in [-0.39, 0.29) is 18.2 Å². The molecule has 1 aromatic carbocycles. The van der Waals surface area contributed by atoms with E-state index in [0.717, 1.165) is 10.2 Å². The topological polar surface area (TPSA) is 129 Å². The lowest BCUT2D eigenvalue weighted by Crippen LogP contribution is -2.36. The minimum absolute atomic E-state index is 0.0304. The standard InChI is InChI=1S/C21H22F3N5O4S/c1-9-14(18-28-11-5-3-4-6-13(11)34-18)17(29-20(26-9)25-8-21(22,23)24)27-12-7-10(19(32)33-2)15(30)16(12)31/h3-6,10,12,15-16,30-31H,7-8H2,1-2H3,(H2,25,26,27,29)/t10-,12+,15+,16-/m0/s1. The van der Waals surface area contributed by atoms with Gasteiger partial charge in [-0.2, -0.15) is 18.2 Å². The Morgan fingerprint density at radius 2 is 1.94 bits per heavy atom. The van der Waals surface area contributed by atoms with Gasteiger partial charge < -0.3 is 25.6 Å². The largest absolute Gasteiger partial charge is 0.469 e. The number of ether oxygens (including phenoxy) is 1. The highest BCUT2D eigenvalue weighted by atomic mass is 32.1. The number of halogens is 3. The lowest BCUT2D eigenvalue weighted by molar-refractivity contribution is -0.149. The number of aliphatic hydroxyl groups excluding tert-OH is 2. The lowest BCUT2D eigenvalue weighted by atomic mass is 10.1. The number of nitrogens with one attached hydrogen (secondary N) is 2. The van der Waals surface area contributed by atoms with Crippen molar-refractivity contribution in [2.75, 3.05) is 24.3 Å². The molecule has 1 aliphatic rings. The number of esters is 1. The number of carbonyl (C=O) groups excluding carboxylic acids is 1. The molecule has 0 saturated heterocycles. The predicted molar refractivity (Wildman–Crippen MR) is 119 cm³/mol. The number of carbonyl (C=O) groups is 1. The van der Waals surface area contributed by atoms with Crippen LogP contribution in [0.25, 0.3) is 20.8 Å². The van der Waals surface area contributed by atoms with Gasteiger partial charge in [0.05, 0.1) is 46.6 Å². The zero-order valence-electron chi connectivity index (χ0n) is 18.1. The van der Waals surface area contributed by atoms with Gasteiger partial charge in [-0.1, -0.05) is 12.1 Å². The Bertz CT molecular complexity index is 1170. The van der Waals surface area contributed by atoms with E-state index in [9.17, 15) is 28.2 Å². The van der Waals surface area contributed by atoms with Crippen LogP contribution in [-0.2, 0) is 9.53 Å². The van der Waals surface area contributed by atoms with E-state index >= 15 is 0 Å². The molecular weight excluding hydrogens is 475 g/mol. The van der Waals surface area contributed by atoms with Gasteiger partial charge in [-0.25, -0.2) is 9.97 Å². The van der Waals surface area contributed by atoms with Crippen LogP contribution in [0, 0.1) is 12.8 Å². The molecule has 1 aliphatic carbocycles. The number of aryl methyl sites for hydroxylation is 1. The fourth-order valence-electron chi connectivity index (χ4n) is 3.91. The third kappa shape index (κ3) is 4.91. The number of nitrogens with zero attached hydrogens (tertiary/aromatic N) is 3. The van der Waals surface area contributed by atoms with E-state index in [4.69, 9.17) is 4.74 Å². The molecule has 3 aromatic rings. The number of aliphatic hydroxyl groups is 2. The van der Waals surface area contributed by atoms with Crippen LogP contribution in [0.3, 0.4) is 0 Å². The molecule has 0 radical (unpaired) electrons. The molecule has 13 heteroatoms. The number of methoxy groups -OCH3 is 1. The zero-order valence-corrected chi connectivity index (χ0v) is 18.9. The molecule has 2 aromatic heterocycles. The Morgan fingerprint density at radius 3 is 2.62 bits per heavy atom. The van der Waals surface area contributed by atoms with Crippen molar-refractivity contribution in [3.8, 4) is 10.6 Å². The molecule has 1 saturated carbocycles. The summed E-state index contributed by atoms with van der Waals surface area (Å²) in [6.45, 7) is 0.283. The Morgan fingerprint density at radius 1 is 1.21 bits per heavy atom. The van der Waals surface area contributed by atoms with Crippen molar-refractivity contribution in [1.29, 1.82) is 0 Å². The molecule has 2 heterocycles. The quantitative estimate of drug-likeness (QED) is 0.380. The highest BCUT2D eigenvalue weighted by Crippen LogP contribution is 2.38. The average molecular weight is 497 g/mol. The number of alkyl halides is 3. The van der Waals surface area contributed by atoms with Gasteiger partial charge in [0.15, 0.2) is 0 Å². The van der Waals surface area contributed by atoms with E-state index in [1.54, 1.807) is 6.92 Å². The molecule has 34 heavy (non-hydrogen) atoms. The molecule has 4 rings (SSSR count). The number of anilines is 2. The Labute approximate surface area is 196 Å². The van der Waals surface area contributed by atoms with Gasteiger partial charge in [-0.3, -0.25) is 4.79 Å². The van der Waals surface area contributed by atoms with Gasteiger partial charge in [-0.05, 0) is 25.5 Å². The third-order valence-corrected chi connectivity index (χ3v) is 6.61. The molecule has 0 bridgehead atoms. The second kappa shape index (κ2) is 9.31. The zero-order chi connectivity index (χ0) is 24.6. The smallest absolute Gasteiger partial charge is 0.405 e. The third-order valence-electron chi connectivity index (χ3n) is 5.55. The normalized spacial score (nSPS) is 22.7. The van der Waals surface area contributed by atoms with Gasteiger partial charge >= 0.3 is 12.1 Å². The molecule has 182 valence electrons. The number of benzene rings is 1. The minimum Gasteiger partial charge on any atom is -0.469 e. The Hall–Kier alpha value is -3.03. The summed E-state index contributed by atoms with van der Waals surface area (Å²) in [6.07, 6.45) is -7.16. The molecule has 0 unspecified atom stereocenters. The maximum absolute atomic E-state index is 12.7. The number of fused-ring (bicyclic) bond motifs is 1. The molecule has 1 fully saturated rings. The minimum atomic E-state index is -4.48. The number of hydrogen-bond acceptors (Lipinski definition) is 10. The van der Waals surface area contributed by atoms with Crippen LogP contribution in [-0.4, -0.2) is 69.2 Å². The van der Waals surface area contributed by atoms with Crippen molar-refractivity contribution in [3.05, 3.63) is 30.0 Å². The molecule has 9 nitrogen and oxygen atoms in total. The first-order valence-corrected chi connectivity index (χ1v) is 11.1. The highest BCUT2D eigenvalue weighted by Gasteiger charge is 2.46.